The summed E-state index contributed by atoms with van der Waals surface area (Å²) >= 11 is 16.1. The van der Waals surface area contributed by atoms with E-state index in [0.717, 1.165) is 133 Å². The van der Waals surface area contributed by atoms with Gasteiger partial charge in [0.1, 0.15) is 48.9 Å². The van der Waals surface area contributed by atoms with Crippen LogP contribution in [0.2, 0.25) is 0 Å². The van der Waals surface area contributed by atoms with E-state index in [9.17, 15) is 14.7 Å². The Bertz CT molecular complexity index is 3100. The Morgan fingerprint density at radius 2 is 1.00 bits per heavy atom. The van der Waals surface area contributed by atoms with E-state index in [1.807, 2.05) is 67.6 Å². The largest absolute Gasteiger partial charge is 1.00 e. The summed E-state index contributed by atoms with van der Waals surface area (Å²) in [5.74, 6) is 0.313. The van der Waals surface area contributed by atoms with Crippen LogP contribution in [0.4, 0.5) is 0 Å². The Labute approximate surface area is 461 Å². The van der Waals surface area contributed by atoms with Gasteiger partial charge in [-0.05, 0) is 113 Å². The highest BCUT2D eigenvalue weighted by Crippen LogP contribution is 2.43. The van der Waals surface area contributed by atoms with Gasteiger partial charge in [0.2, 0.25) is 10.7 Å². The summed E-state index contributed by atoms with van der Waals surface area (Å²) in [6.07, 6.45) is 1.64. The summed E-state index contributed by atoms with van der Waals surface area (Å²) in [7, 11) is 0. The SMILES string of the molecule is CC[N+](CC)=c1ccc2c(-c3ccccc3C(=O)O)c3ccc(C)cc3oc-2c1.CC[N+](CC)=c1ccc2c(-c3ccccc3C(=O)OCCCBr)c3ccc(C)cc3oc-2c1.ClCCl.OCCCBr.[Cl-].[Cl-]. The van der Waals surface area contributed by atoms with Crippen LogP contribution < -0.4 is 44.7 Å². The van der Waals surface area contributed by atoms with Crippen LogP contribution in [0.5, 0.6) is 0 Å². The molecule has 0 aromatic heterocycles. The molecule has 2 aliphatic carbocycles. The molecule has 4 aromatic carbocycles. The van der Waals surface area contributed by atoms with Crippen molar-refractivity contribution in [3.63, 3.8) is 0 Å². The molecule has 0 saturated carbocycles. The number of rotatable bonds is 13. The molecular formula is C57H62Br2Cl4N2O7. The van der Waals surface area contributed by atoms with Crippen molar-refractivity contribution < 1.29 is 58.2 Å². The highest BCUT2D eigenvalue weighted by molar-refractivity contribution is 9.09. The number of fused-ring (bicyclic) bond motifs is 4. The van der Waals surface area contributed by atoms with Crippen LogP contribution in [0.3, 0.4) is 0 Å². The minimum Gasteiger partial charge on any atom is -1.00 e. The summed E-state index contributed by atoms with van der Waals surface area (Å²) in [4.78, 5) is 24.9. The number of ether oxygens (including phenoxy) is 1. The third kappa shape index (κ3) is 15.4. The highest BCUT2D eigenvalue weighted by atomic mass is 79.9. The molecule has 8 rings (SSSR count). The van der Waals surface area contributed by atoms with Crippen molar-refractivity contribution in [1.82, 2.24) is 9.15 Å². The van der Waals surface area contributed by atoms with E-state index < -0.39 is 5.97 Å². The van der Waals surface area contributed by atoms with Gasteiger partial charge in [0.15, 0.2) is 0 Å². The van der Waals surface area contributed by atoms with Crippen molar-refractivity contribution in [2.45, 2.75) is 54.4 Å². The van der Waals surface area contributed by atoms with Crippen molar-refractivity contribution in [3.05, 3.63) is 154 Å². The van der Waals surface area contributed by atoms with Gasteiger partial charge in [-0.15, -0.1) is 23.2 Å². The summed E-state index contributed by atoms with van der Waals surface area (Å²) in [6, 6.07) is 39.6. The molecule has 15 heteroatoms. The fraction of sp³-hybridized carbons (Fsp3) is 0.298. The van der Waals surface area contributed by atoms with Gasteiger partial charge in [-0.25, -0.2) is 18.7 Å². The Kier molecular flexibility index (Phi) is 26.6. The molecule has 0 spiro atoms. The number of nitrogens with zero attached hydrogens (tertiary/aromatic N) is 2. The van der Waals surface area contributed by atoms with E-state index in [-0.39, 0.29) is 41.7 Å². The standard InChI is InChI=1S/C28H29BrNO3.C25H23NO3.C3H7BrO.CH2Cl2.2ClH/c1-4-30(5-2)20-12-14-24-26(18-20)33-25-17-19(3)11-13-23(25)27(24)21-9-6-7-10-22(21)28(31)32-16-8-15-29;1-4-26(5-2)17-11-13-21-23(15-17)29-22-14-16(3)10-12-20(22)24(21)18-8-6-7-9-19(18)25(27)28;4-2-1-3-5;2-1-3;;/h6-7,9-14,17-18H,4-5,8,15-16H2,1-3H3;6-15H,4-5H2,1-3H3;5H,1-3H2;1H2;2*1H/q+1;;;;;/p-1. The van der Waals surface area contributed by atoms with Crippen LogP contribution in [0, 0.1) is 13.8 Å². The number of benzene rings is 6. The molecule has 0 saturated heterocycles. The maximum Gasteiger partial charge on any atom is 0.338 e. The first kappa shape index (κ1) is 61.6. The zero-order valence-electron chi connectivity index (χ0n) is 41.4. The predicted molar refractivity (Wildman–Crippen MR) is 296 cm³/mol. The Hall–Kier alpha value is -4.72. The van der Waals surface area contributed by atoms with Crippen LogP contribution in [-0.2, 0) is 4.74 Å². The number of aliphatic hydroxyl groups is 1. The lowest BCUT2D eigenvalue weighted by Gasteiger charge is -2.17. The average molecular weight is 1190 g/mol. The molecular weight excluding hydrogens is 1130 g/mol. The van der Waals surface area contributed by atoms with Crippen molar-refractivity contribution in [2.24, 2.45) is 0 Å². The van der Waals surface area contributed by atoms with Crippen molar-refractivity contribution in [3.8, 4) is 44.9 Å². The monoisotopic (exact) mass is 1180 g/mol. The fourth-order valence-electron chi connectivity index (χ4n) is 8.25. The van der Waals surface area contributed by atoms with Gasteiger partial charge in [-0.2, -0.15) is 0 Å². The Morgan fingerprint density at radius 1 is 0.583 bits per heavy atom. The van der Waals surface area contributed by atoms with Crippen molar-refractivity contribution in [1.29, 1.82) is 0 Å². The summed E-state index contributed by atoms with van der Waals surface area (Å²) in [6.45, 7) is 17.0. The number of aryl methyl sites for hydroxylation is 2. The van der Waals surface area contributed by atoms with Gasteiger partial charge in [-0.1, -0.05) is 92.5 Å². The third-order valence-electron chi connectivity index (χ3n) is 11.6. The van der Waals surface area contributed by atoms with Crippen LogP contribution in [0.25, 0.3) is 66.8 Å². The molecule has 2 aliphatic heterocycles. The lowest BCUT2D eigenvalue weighted by molar-refractivity contribution is -0.00100. The zero-order valence-corrected chi connectivity index (χ0v) is 47.6. The third-order valence-corrected chi connectivity index (χ3v) is 12.7. The van der Waals surface area contributed by atoms with E-state index in [0.29, 0.717) is 24.3 Å². The number of carbonyl (C=O) groups is 2. The summed E-state index contributed by atoms with van der Waals surface area (Å²) in [5, 5.41) is 23.8. The molecule has 384 valence electrons. The maximum atomic E-state index is 13.0. The normalized spacial score (nSPS) is 10.4. The number of halogens is 6. The van der Waals surface area contributed by atoms with Gasteiger partial charge < -0.3 is 48.6 Å². The summed E-state index contributed by atoms with van der Waals surface area (Å²) < 4.78 is 22.8. The minimum atomic E-state index is -0.936. The maximum absolute atomic E-state index is 13.0. The van der Waals surface area contributed by atoms with Crippen molar-refractivity contribution in [2.75, 3.05) is 55.4 Å². The molecule has 0 amide bonds. The van der Waals surface area contributed by atoms with Gasteiger partial charge >= 0.3 is 11.9 Å². The second-order valence-electron chi connectivity index (χ2n) is 16.1. The molecule has 2 N–H and O–H groups in total. The number of aromatic carboxylic acids is 1. The molecule has 72 heavy (non-hydrogen) atoms. The molecule has 0 bridgehead atoms. The topological polar surface area (TPSA) is 116 Å². The number of aliphatic hydroxyl groups excluding tert-OH is 1. The molecule has 2 heterocycles. The number of hydrogen-bond donors (Lipinski definition) is 2. The number of carboxylic acids is 1. The van der Waals surface area contributed by atoms with Crippen LogP contribution in [0.1, 0.15) is 72.4 Å². The first-order valence-electron chi connectivity index (χ1n) is 23.5. The Morgan fingerprint density at radius 3 is 1.39 bits per heavy atom. The minimum absolute atomic E-state index is 0. The average Bonchev–Trinajstić information content (AvgIpc) is 3.36. The van der Waals surface area contributed by atoms with Gasteiger partial charge in [-0.3, -0.25) is 0 Å². The molecule has 4 aliphatic rings. The number of hydrogen-bond acceptors (Lipinski definition) is 6. The van der Waals surface area contributed by atoms with Crippen LogP contribution in [0.15, 0.2) is 130 Å². The molecule has 0 radical (unpaired) electrons. The molecule has 4 aromatic rings. The van der Waals surface area contributed by atoms with Gasteiger partial charge in [0.25, 0.3) is 0 Å². The van der Waals surface area contributed by atoms with Gasteiger partial charge in [0, 0.05) is 62.4 Å². The Balaban J connectivity index is 0.000000325. The number of esters is 1. The predicted octanol–water partition coefficient (Wildman–Crippen LogP) is 7.48. The van der Waals surface area contributed by atoms with Crippen LogP contribution >= 0.6 is 55.1 Å². The number of carbonyl (C=O) groups excluding carboxylic acids is 1. The quantitative estimate of drug-likeness (QED) is 0.0405. The highest BCUT2D eigenvalue weighted by Gasteiger charge is 2.24. The van der Waals surface area contributed by atoms with Crippen LogP contribution in [-0.4, -0.2) is 77.5 Å². The molecule has 0 fully saturated rings. The fourth-order valence-corrected chi connectivity index (χ4v) is 8.73. The second-order valence-corrected chi connectivity index (χ2v) is 18.5. The lowest BCUT2D eigenvalue weighted by Crippen LogP contribution is -3.00. The van der Waals surface area contributed by atoms with E-state index in [2.05, 4.69) is 124 Å². The van der Waals surface area contributed by atoms with E-state index in [4.69, 9.17) is 41.9 Å². The van der Waals surface area contributed by atoms with Gasteiger partial charge in [0.05, 0.1) is 35.2 Å². The molecule has 9 nitrogen and oxygen atoms in total. The molecule has 0 unspecified atom stereocenters. The lowest BCUT2D eigenvalue weighted by atomic mass is 9.90. The first-order valence-corrected chi connectivity index (χ1v) is 26.8. The van der Waals surface area contributed by atoms with Crippen molar-refractivity contribution >= 4 is 88.9 Å². The first-order chi connectivity index (χ1) is 33.9. The van der Waals surface area contributed by atoms with E-state index in [1.54, 1.807) is 12.1 Å². The zero-order chi connectivity index (χ0) is 50.7. The van der Waals surface area contributed by atoms with E-state index >= 15 is 0 Å². The molecule has 0 atom stereocenters. The number of carboxylic acid groups (broad SMARTS) is 1. The summed E-state index contributed by atoms with van der Waals surface area (Å²) in [5.41, 5.74) is 9.95. The number of alkyl halides is 4. The van der Waals surface area contributed by atoms with E-state index in [1.165, 1.54) is 0 Å². The second kappa shape index (κ2) is 31.1. The smallest absolute Gasteiger partial charge is 0.338 e.